The summed E-state index contributed by atoms with van der Waals surface area (Å²) in [4.78, 5) is 3.78. The van der Waals surface area contributed by atoms with E-state index in [1.54, 1.807) is 12.4 Å². The van der Waals surface area contributed by atoms with Crippen LogP contribution in [0.4, 0.5) is 0 Å². The lowest BCUT2D eigenvalue weighted by Gasteiger charge is -1.88. The molecular formula is C6H7N2. The van der Waals surface area contributed by atoms with Crippen molar-refractivity contribution in [1.82, 2.24) is 4.98 Å². The summed E-state index contributed by atoms with van der Waals surface area (Å²) in [5.41, 5.74) is 6.29. The van der Waals surface area contributed by atoms with Gasteiger partial charge in [0.05, 0.1) is 0 Å². The minimum Gasteiger partial charge on any atom is -0.326 e. The minimum atomic E-state index is 0.544. The van der Waals surface area contributed by atoms with Gasteiger partial charge in [-0.15, -0.1) is 0 Å². The molecule has 8 heavy (non-hydrogen) atoms. The lowest BCUT2D eigenvalue weighted by Crippen LogP contribution is -1.95. The normalized spacial score (nSPS) is 9.12. The average Bonchev–Trinajstić information content (AvgIpc) is 1.90. The van der Waals surface area contributed by atoms with E-state index in [4.69, 9.17) is 5.73 Å². The maximum absolute atomic E-state index is 5.29. The van der Waals surface area contributed by atoms with Crippen molar-refractivity contribution in [2.24, 2.45) is 5.73 Å². The molecule has 0 bridgehead atoms. The molecule has 0 aliphatic heterocycles. The molecule has 0 spiro atoms. The Morgan fingerprint density at radius 1 is 1.75 bits per heavy atom. The summed E-state index contributed by atoms with van der Waals surface area (Å²) >= 11 is 0. The molecule has 0 unspecified atom stereocenters. The second-order valence-corrected chi connectivity index (χ2v) is 1.47. The molecule has 0 aliphatic carbocycles. The van der Waals surface area contributed by atoms with Crippen molar-refractivity contribution in [3.63, 3.8) is 0 Å². The van der Waals surface area contributed by atoms with Crippen LogP contribution in [0.25, 0.3) is 0 Å². The quantitative estimate of drug-likeness (QED) is 0.562. The predicted octanol–water partition coefficient (Wildman–Crippen LogP) is 0.340. The monoisotopic (exact) mass is 107 g/mol. The Labute approximate surface area is 48.4 Å². The zero-order chi connectivity index (χ0) is 5.82. The van der Waals surface area contributed by atoms with Crippen LogP contribution in [0.1, 0.15) is 5.56 Å². The van der Waals surface area contributed by atoms with E-state index >= 15 is 0 Å². The Balaban J connectivity index is 2.83. The van der Waals surface area contributed by atoms with Gasteiger partial charge in [0.15, 0.2) is 0 Å². The summed E-state index contributed by atoms with van der Waals surface area (Å²) in [6.07, 6.45) is 3.32. The summed E-state index contributed by atoms with van der Waals surface area (Å²) in [6, 6.07) is 4.73. The van der Waals surface area contributed by atoms with Gasteiger partial charge in [-0.2, -0.15) is 0 Å². The van der Waals surface area contributed by atoms with Crippen LogP contribution in [0.5, 0.6) is 0 Å². The van der Waals surface area contributed by atoms with Crippen LogP contribution in [-0.4, -0.2) is 4.98 Å². The van der Waals surface area contributed by atoms with Gasteiger partial charge in [-0.25, -0.2) is 0 Å². The minimum absolute atomic E-state index is 0.544. The first-order valence-corrected chi connectivity index (χ1v) is 2.44. The Hall–Kier alpha value is -0.890. The number of rotatable bonds is 1. The molecule has 0 saturated heterocycles. The summed E-state index contributed by atoms with van der Waals surface area (Å²) in [6.45, 7) is 0.544. The van der Waals surface area contributed by atoms with Crippen LogP contribution in [0.15, 0.2) is 18.5 Å². The van der Waals surface area contributed by atoms with Gasteiger partial charge >= 0.3 is 0 Å². The van der Waals surface area contributed by atoms with Gasteiger partial charge in [-0.3, -0.25) is 4.98 Å². The maximum Gasteiger partial charge on any atom is 0.0350 e. The van der Waals surface area contributed by atoms with Gasteiger partial charge in [0.1, 0.15) is 0 Å². The summed E-state index contributed by atoms with van der Waals surface area (Å²) in [7, 11) is 0. The van der Waals surface area contributed by atoms with Gasteiger partial charge in [-0.1, -0.05) is 0 Å². The van der Waals surface area contributed by atoms with Crippen LogP contribution >= 0.6 is 0 Å². The van der Waals surface area contributed by atoms with Gasteiger partial charge in [-0.05, 0) is 11.6 Å². The third kappa shape index (κ3) is 1.04. The number of nitrogens with zero attached hydrogens (tertiary/aromatic N) is 1. The van der Waals surface area contributed by atoms with Crippen LogP contribution in [0, 0.1) is 6.07 Å². The van der Waals surface area contributed by atoms with E-state index in [0.717, 1.165) is 5.56 Å². The second kappa shape index (κ2) is 2.43. The number of pyridine rings is 1. The zero-order valence-corrected chi connectivity index (χ0v) is 4.46. The molecule has 41 valence electrons. The Bertz CT molecular complexity index is 148. The van der Waals surface area contributed by atoms with Crippen LogP contribution < -0.4 is 5.73 Å². The highest BCUT2D eigenvalue weighted by molar-refractivity contribution is 5.06. The molecule has 1 radical (unpaired) electrons. The average molecular weight is 107 g/mol. The summed E-state index contributed by atoms with van der Waals surface area (Å²) in [5.74, 6) is 0. The van der Waals surface area contributed by atoms with Crippen LogP contribution in [-0.2, 0) is 6.54 Å². The standard InChI is InChI=1S/C6H7N2/c7-5-6-1-3-8-4-2-6/h1,3-4H,5,7H2. The van der Waals surface area contributed by atoms with Crippen molar-refractivity contribution in [3.05, 3.63) is 30.1 Å². The third-order valence-corrected chi connectivity index (χ3v) is 0.906. The Morgan fingerprint density at radius 3 is 3.00 bits per heavy atom. The highest BCUT2D eigenvalue weighted by atomic mass is 14.6. The zero-order valence-electron chi connectivity index (χ0n) is 4.46. The largest absolute Gasteiger partial charge is 0.326 e. The second-order valence-electron chi connectivity index (χ2n) is 1.47. The summed E-state index contributed by atoms with van der Waals surface area (Å²) in [5, 5.41) is 0. The molecule has 2 nitrogen and oxygen atoms in total. The van der Waals surface area contributed by atoms with E-state index in [0.29, 0.717) is 6.54 Å². The highest BCUT2D eigenvalue weighted by Gasteiger charge is 1.81. The summed E-state index contributed by atoms with van der Waals surface area (Å²) < 4.78 is 0. The molecule has 0 atom stereocenters. The SMILES string of the molecule is NCc1[c]cncc1. The maximum atomic E-state index is 5.29. The molecule has 2 heteroatoms. The van der Waals surface area contributed by atoms with Crippen LogP contribution in [0.3, 0.4) is 0 Å². The topological polar surface area (TPSA) is 38.9 Å². The molecular weight excluding hydrogens is 100 g/mol. The first-order valence-electron chi connectivity index (χ1n) is 2.44. The lowest BCUT2D eigenvalue weighted by molar-refractivity contribution is 1.05. The fourth-order valence-corrected chi connectivity index (χ4v) is 0.471. The first-order chi connectivity index (χ1) is 3.93. The molecule has 2 N–H and O–H groups in total. The van der Waals surface area contributed by atoms with E-state index in [2.05, 4.69) is 11.1 Å². The molecule has 1 aromatic heterocycles. The molecule has 0 amide bonds. The molecule has 0 saturated carbocycles. The van der Waals surface area contributed by atoms with Gasteiger partial charge in [0, 0.05) is 25.0 Å². The van der Waals surface area contributed by atoms with E-state index in [9.17, 15) is 0 Å². The van der Waals surface area contributed by atoms with Crippen molar-refractivity contribution < 1.29 is 0 Å². The van der Waals surface area contributed by atoms with E-state index in [-0.39, 0.29) is 0 Å². The van der Waals surface area contributed by atoms with E-state index < -0.39 is 0 Å². The fraction of sp³-hybridized carbons (Fsp3) is 0.167. The van der Waals surface area contributed by atoms with Crippen molar-refractivity contribution in [2.45, 2.75) is 6.54 Å². The first kappa shape index (κ1) is 5.25. The Morgan fingerprint density at radius 2 is 2.62 bits per heavy atom. The Kier molecular flexibility index (Phi) is 1.59. The third-order valence-electron chi connectivity index (χ3n) is 0.906. The van der Waals surface area contributed by atoms with Crippen LogP contribution in [0.2, 0.25) is 0 Å². The van der Waals surface area contributed by atoms with Crippen molar-refractivity contribution in [2.75, 3.05) is 0 Å². The number of aromatic nitrogens is 1. The van der Waals surface area contributed by atoms with E-state index in [1.165, 1.54) is 0 Å². The molecule has 0 aliphatic rings. The number of nitrogens with two attached hydrogens (primary N) is 1. The molecule has 0 fully saturated rings. The van der Waals surface area contributed by atoms with Crippen molar-refractivity contribution >= 4 is 0 Å². The fourth-order valence-electron chi connectivity index (χ4n) is 0.471. The predicted molar refractivity (Wildman–Crippen MR) is 31.0 cm³/mol. The van der Waals surface area contributed by atoms with Gasteiger partial charge in [0.2, 0.25) is 0 Å². The van der Waals surface area contributed by atoms with Crippen molar-refractivity contribution in [3.8, 4) is 0 Å². The molecule has 1 rings (SSSR count). The number of hydrogen-bond acceptors (Lipinski definition) is 2. The molecule has 0 aromatic carbocycles. The van der Waals surface area contributed by atoms with Crippen molar-refractivity contribution in [1.29, 1.82) is 0 Å². The van der Waals surface area contributed by atoms with E-state index in [1.807, 2.05) is 6.07 Å². The highest BCUT2D eigenvalue weighted by Crippen LogP contribution is 1.89. The number of hydrogen-bond donors (Lipinski definition) is 1. The van der Waals surface area contributed by atoms with Gasteiger partial charge < -0.3 is 5.73 Å². The smallest absolute Gasteiger partial charge is 0.0350 e. The van der Waals surface area contributed by atoms with Gasteiger partial charge in [0.25, 0.3) is 0 Å². The lowest BCUT2D eigenvalue weighted by atomic mass is 10.3. The molecule has 1 heterocycles. The molecule has 1 aromatic rings.